The Balaban J connectivity index is 1.22. The fourth-order valence-electron chi connectivity index (χ4n) is 8.32. The van der Waals surface area contributed by atoms with Gasteiger partial charge in [0.05, 0.1) is 11.0 Å². The molecular formula is C48H34N2. The molecular weight excluding hydrogens is 605 g/mol. The van der Waals surface area contributed by atoms with Crippen molar-refractivity contribution < 1.29 is 0 Å². The standard InChI is InChI=1S/C48H34N2/c1-31-29-45(49(35-14-6-3-7-15-35)36-16-8-4-9-17-36)32(2)28-42(31)38-25-22-33-23-27-41-47-34(24-26-40(38)46(33)47)30-43-39-20-12-13-21-44(39)50(48(41)43)37-18-10-5-11-19-37/h3-30H,1-2H3. The van der Waals surface area contributed by atoms with Crippen LogP contribution < -0.4 is 4.90 Å². The van der Waals surface area contributed by atoms with Gasteiger partial charge in [0.2, 0.25) is 0 Å². The molecule has 2 nitrogen and oxygen atoms in total. The van der Waals surface area contributed by atoms with E-state index in [0.717, 1.165) is 11.4 Å². The zero-order valence-electron chi connectivity index (χ0n) is 28.1. The van der Waals surface area contributed by atoms with Gasteiger partial charge in [0.1, 0.15) is 0 Å². The van der Waals surface area contributed by atoms with Crippen LogP contribution in [0.2, 0.25) is 0 Å². The first kappa shape index (κ1) is 28.6. The molecule has 1 aromatic heterocycles. The minimum absolute atomic E-state index is 1.15. The lowest BCUT2D eigenvalue weighted by Gasteiger charge is -2.28. The van der Waals surface area contributed by atoms with Crippen molar-refractivity contribution in [3.8, 4) is 16.8 Å². The van der Waals surface area contributed by atoms with Gasteiger partial charge in [-0.15, -0.1) is 0 Å². The third-order valence-electron chi connectivity index (χ3n) is 10.5. The Kier molecular flexibility index (Phi) is 6.34. The molecule has 2 heteroatoms. The predicted octanol–water partition coefficient (Wildman–Crippen LogP) is 13.4. The number of para-hydroxylation sites is 4. The Morgan fingerprint density at radius 3 is 1.76 bits per heavy atom. The zero-order chi connectivity index (χ0) is 33.3. The second-order valence-corrected chi connectivity index (χ2v) is 13.5. The zero-order valence-corrected chi connectivity index (χ0v) is 28.1. The second-order valence-electron chi connectivity index (χ2n) is 13.5. The molecule has 10 aromatic rings. The Morgan fingerprint density at radius 1 is 0.420 bits per heavy atom. The molecule has 0 fully saturated rings. The number of aromatic nitrogens is 1. The number of fused-ring (bicyclic) bond motifs is 4. The maximum Gasteiger partial charge on any atom is 0.0620 e. The predicted molar refractivity (Wildman–Crippen MR) is 214 cm³/mol. The summed E-state index contributed by atoms with van der Waals surface area (Å²) >= 11 is 0. The van der Waals surface area contributed by atoms with Crippen LogP contribution in [0.25, 0.3) is 70.9 Å². The van der Waals surface area contributed by atoms with Crippen molar-refractivity contribution in [2.75, 3.05) is 4.90 Å². The Bertz CT molecular complexity index is 2830. The Hall–Kier alpha value is -6.38. The number of rotatable bonds is 5. The first-order chi connectivity index (χ1) is 24.7. The Morgan fingerprint density at radius 2 is 1.02 bits per heavy atom. The number of benzene rings is 9. The van der Waals surface area contributed by atoms with Crippen molar-refractivity contribution in [3.05, 3.63) is 181 Å². The summed E-state index contributed by atoms with van der Waals surface area (Å²) in [6.07, 6.45) is 0. The van der Waals surface area contributed by atoms with E-state index in [0.29, 0.717) is 0 Å². The number of nitrogens with zero attached hydrogens (tertiary/aromatic N) is 2. The number of hydrogen-bond acceptors (Lipinski definition) is 1. The van der Waals surface area contributed by atoms with Crippen molar-refractivity contribution in [3.63, 3.8) is 0 Å². The molecule has 10 rings (SSSR count). The molecule has 0 saturated heterocycles. The molecule has 236 valence electrons. The maximum atomic E-state index is 2.45. The molecule has 0 N–H and O–H groups in total. The summed E-state index contributed by atoms with van der Waals surface area (Å²) in [5.74, 6) is 0. The second kappa shape index (κ2) is 11.1. The lowest BCUT2D eigenvalue weighted by atomic mass is 9.87. The van der Waals surface area contributed by atoms with Crippen LogP contribution in [0, 0.1) is 13.8 Å². The molecule has 0 spiro atoms. The highest BCUT2D eigenvalue weighted by atomic mass is 15.1. The summed E-state index contributed by atoms with van der Waals surface area (Å²) in [6.45, 7) is 4.50. The summed E-state index contributed by atoms with van der Waals surface area (Å²) < 4.78 is 2.45. The van der Waals surface area contributed by atoms with Crippen molar-refractivity contribution in [2.24, 2.45) is 0 Å². The monoisotopic (exact) mass is 638 g/mol. The molecule has 0 bridgehead atoms. The molecule has 50 heavy (non-hydrogen) atoms. The highest BCUT2D eigenvalue weighted by molar-refractivity contribution is 6.32. The lowest BCUT2D eigenvalue weighted by Crippen LogP contribution is -2.11. The third-order valence-corrected chi connectivity index (χ3v) is 10.5. The van der Waals surface area contributed by atoms with E-state index in [1.165, 1.54) is 87.8 Å². The van der Waals surface area contributed by atoms with E-state index in [1.54, 1.807) is 0 Å². The molecule has 0 aliphatic rings. The summed E-state index contributed by atoms with van der Waals surface area (Å²) in [4.78, 5) is 2.37. The number of aryl methyl sites for hydroxylation is 2. The molecule has 0 unspecified atom stereocenters. The highest BCUT2D eigenvalue weighted by Gasteiger charge is 2.21. The minimum Gasteiger partial charge on any atom is -0.310 e. The van der Waals surface area contributed by atoms with Gasteiger partial charge in [-0.2, -0.15) is 0 Å². The van der Waals surface area contributed by atoms with Crippen LogP contribution >= 0.6 is 0 Å². The number of anilines is 3. The van der Waals surface area contributed by atoms with Crippen LogP contribution in [0.3, 0.4) is 0 Å². The molecule has 9 aromatic carbocycles. The van der Waals surface area contributed by atoms with E-state index in [2.05, 4.69) is 193 Å². The molecule has 0 radical (unpaired) electrons. The van der Waals surface area contributed by atoms with Crippen LogP contribution in [-0.2, 0) is 0 Å². The van der Waals surface area contributed by atoms with Gasteiger partial charge in [-0.05, 0) is 124 Å². The van der Waals surface area contributed by atoms with Gasteiger partial charge >= 0.3 is 0 Å². The molecule has 0 saturated carbocycles. The van der Waals surface area contributed by atoms with Crippen molar-refractivity contribution in [1.29, 1.82) is 0 Å². The van der Waals surface area contributed by atoms with Crippen LogP contribution in [-0.4, -0.2) is 4.57 Å². The fraction of sp³-hybridized carbons (Fsp3) is 0.0417. The van der Waals surface area contributed by atoms with Crippen LogP contribution in [0.1, 0.15) is 11.1 Å². The van der Waals surface area contributed by atoms with Gasteiger partial charge < -0.3 is 9.47 Å². The van der Waals surface area contributed by atoms with Gasteiger partial charge in [-0.25, -0.2) is 0 Å². The number of hydrogen-bond donors (Lipinski definition) is 0. The highest BCUT2D eigenvalue weighted by Crippen LogP contribution is 2.46. The van der Waals surface area contributed by atoms with Crippen LogP contribution in [0.4, 0.5) is 17.1 Å². The maximum absolute atomic E-state index is 2.45. The quantitative estimate of drug-likeness (QED) is 0.170. The third kappa shape index (κ3) is 4.22. The summed E-state index contributed by atoms with van der Waals surface area (Å²) in [7, 11) is 0. The average molecular weight is 639 g/mol. The summed E-state index contributed by atoms with van der Waals surface area (Å²) in [6, 6.07) is 62.1. The first-order valence-corrected chi connectivity index (χ1v) is 17.4. The molecule has 0 amide bonds. The summed E-state index contributed by atoms with van der Waals surface area (Å²) in [5, 5.41) is 10.4. The summed E-state index contributed by atoms with van der Waals surface area (Å²) in [5.41, 5.74) is 12.2. The fourth-order valence-corrected chi connectivity index (χ4v) is 8.32. The largest absolute Gasteiger partial charge is 0.310 e. The van der Waals surface area contributed by atoms with Crippen LogP contribution in [0.15, 0.2) is 170 Å². The van der Waals surface area contributed by atoms with E-state index < -0.39 is 0 Å². The minimum atomic E-state index is 1.15. The van der Waals surface area contributed by atoms with E-state index in [1.807, 2.05) is 0 Å². The van der Waals surface area contributed by atoms with Crippen LogP contribution in [0.5, 0.6) is 0 Å². The van der Waals surface area contributed by atoms with Crippen molar-refractivity contribution in [1.82, 2.24) is 4.57 Å². The van der Waals surface area contributed by atoms with Crippen molar-refractivity contribution in [2.45, 2.75) is 13.8 Å². The van der Waals surface area contributed by atoms with Gasteiger partial charge in [0.25, 0.3) is 0 Å². The van der Waals surface area contributed by atoms with Gasteiger partial charge in [0.15, 0.2) is 0 Å². The van der Waals surface area contributed by atoms with E-state index in [9.17, 15) is 0 Å². The van der Waals surface area contributed by atoms with E-state index in [-0.39, 0.29) is 0 Å². The lowest BCUT2D eigenvalue weighted by molar-refractivity contribution is 1.19. The average Bonchev–Trinajstić information content (AvgIpc) is 3.50. The topological polar surface area (TPSA) is 8.17 Å². The van der Waals surface area contributed by atoms with E-state index >= 15 is 0 Å². The van der Waals surface area contributed by atoms with Gasteiger partial charge in [0, 0.05) is 38.9 Å². The van der Waals surface area contributed by atoms with Gasteiger partial charge in [-0.1, -0.05) is 109 Å². The SMILES string of the molecule is Cc1cc(N(c2ccccc2)c2ccccc2)c(C)cc1-c1ccc2ccc3c4c(ccc1c24)cc1c2ccccc2n(-c2ccccc2)c13. The Labute approximate surface area is 291 Å². The molecule has 0 aliphatic heterocycles. The molecule has 0 atom stereocenters. The first-order valence-electron chi connectivity index (χ1n) is 17.4. The van der Waals surface area contributed by atoms with E-state index in [4.69, 9.17) is 0 Å². The van der Waals surface area contributed by atoms with Crippen molar-refractivity contribution >= 4 is 71.2 Å². The van der Waals surface area contributed by atoms with Gasteiger partial charge in [-0.3, -0.25) is 0 Å². The molecule has 0 aliphatic carbocycles. The smallest absolute Gasteiger partial charge is 0.0620 e. The molecule has 1 heterocycles. The normalized spacial score (nSPS) is 11.8.